The van der Waals surface area contributed by atoms with Crippen molar-refractivity contribution in [2.45, 2.75) is 18.9 Å². The van der Waals surface area contributed by atoms with Crippen molar-refractivity contribution in [3.05, 3.63) is 36.5 Å². The highest BCUT2D eigenvalue weighted by molar-refractivity contribution is 5.40. The Hall–Kier alpha value is -1.35. The third-order valence-electron chi connectivity index (χ3n) is 2.77. The normalized spacial score (nSPS) is 17.8. The van der Waals surface area contributed by atoms with Crippen molar-refractivity contribution >= 4 is 5.82 Å². The molecule has 3 nitrogen and oxygen atoms in total. The number of rotatable bonds is 3. The molecule has 1 unspecified atom stereocenters. The molecule has 0 aromatic carbocycles. The molecule has 15 heavy (non-hydrogen) atoms. The van der Waals surface area contributed by atoms with Crippen LogP contribution in [0.2, 0.25) is 0 Å². The van der Waals surface area contributed by atoms with Crippen LogP contribution in [-0.4, -0.2) is 23.2 Å². The van der Waals surface area contributed by atoms with Crippen molar-refractivity contribution in [1.82, 2.24) is 4.98 Å². The van der Waals surface area contributed by atoms with Crippen LogP contribution in [-0.2, 0) is 0 Å². The summed E-state index contributed by atoms with van der Waals surface area (Å²) in [6, 6.07) is 3.88. The fraction of sp³-hybridized carbons (Fsp3) is 0.417. The molecule has 2 rings (SSSR count). The lowest BCUT2D eigenvalue weighted by atomic mass is 10.1. The average molecular weight is 204 g/mol. The summed E-state index contributed by atoms with van der Waals surface area (Å²) in [5.41, 5.74) is 0.799. The summed E-state index contributed by atoms with van der Waals surface area (Å²) in [5, 5.41) is 9.51. The predicted octanol–water partition coefficient (Wildman–Crippen LogP) is 1.90. The molecule has 0 radical (unpaired) electrons. The molecule has 1 aliphatic rings. The molecule has 0 spiro atoms. The van der Waals surface area contributed by atoms with Gasteiger partial charge in [0.1, 0.15) is 5.82 Å². The first-order valence-electron chi connectivity index (χ1n) is 5.33. The van der Waals surface area contributed by atoms with Gasteiger partial charge in [-0.2, -0.15) is 0 Å². The van der Waals surface area contributed by atoms with Crippen LogP contribution in [0.15, 0.2) is 31.0 Å². The average Bonchev–Trinajstić information content (AvgIpc) is 2.82. The summed E-state index contributed by atoms with van der Waals surface area (Å²) in [6.07, 6.45) is 5.12. The summed E-state index contributed by atoms with van der Waals surface area (Å²) in [6.45, 7) is 5.74. The van der Waals surface area contributed by atoms with Crippen LogP contribution < -0.4 is 4.90 Å². The van der Waals surface area contributed by atoms with E-state index in [1.807, 2.05) is 12.1 Å². The molecule has 0 amide bonds. The second-order valence-electron chi connectivity index (χ2n) is 3.82. The Morgan fingerprint density at radius 1 is 1.40 bits per heavy atom. The van der Waals surface area contributed by atoms with Crippen molar-refractivity contribution in [1.29, 1.82) is 0 Å². The molecule has 0 saturated carbocycles. The van der Waals surface area contributed by atoms with E-state index in [4.69, 9.17) is 0 Å². The predicted molar refractivity (Wildman–Crippen MR) is 60.8 cm³/mol. The maximum atomic E-state index is 9.51. The van der Waals surface area contributed by atoms with Gasteiger partial charge in [-0.05, 0) is 18.9 Å². The van der Waals surface area contributed by atoms with Gasteiger partial charge in [0.15, 0.2) is 0 Å². The van der Waals surface area contributed by atoms with Gasteiger partial charge in [0.05, 0.1) is 6.10 Å². The van der Waals surface area contributed by atoms with Gasteiger partial charge in [-0.1, -0.05) is 12.1 Å². The highest BCUT2D eigenvalue weighted by Gasteiger charge is 2.13. The van der Waals surface area contributed by atoms with Gasteiger partial charge in [0.2, 0.25) is 0 Å². The van der Waals surface area contributed by atoms with Crippen LogP contribution in [0, 0.1) is 0 Å². The first kappa shape index (κ1) is 10.2. The highest BCUT2D eigenvalue weighted by Crippen LogP contribution is 2.20. The smallest absolute Gasteiger partial charge is 0.128 e. The van der Waals surface area contributed by atoms with E-state index in [9.17, 15) is 5.11 Å². The van der Waals surface area contributed by atoms with E-state index in [2.05, 4.69) is 16.5 Å². The molecule has 3 heteroatoms. The van der Waals surface area contributed by atoms with Crippen molar-refractivity contribution in [3.8, 4) is 0 Å². The molecular weight excluding hydrogens is 188 g/mol. The maximum Gasteiger partial charge on any atom is 0.128 e. The fourth-order valence-corrected chi connectivity index (χ4v) is 1.84. The van der Waals surface area contributed by atoms with Crippen LogP contribution in [0.3, 0.4) is 0 Å². The van der Waals surface area contributed by atoms with Crippen molar-refractivity contribution < 1.29 is 5.11 Å². The van der Waals surface area contributed by atoms with Gasteiger partial charge in [0, 0.05) is 24.8 Å². The van der Waals surface area contributed by atoms with Crippen molar-refractivity contribution in [3.63, 3.8) is 0 Å². The zero-order valence-electron chi connectivity index (χ0n) is 8.76. The van der Waals surface area contributed by atoms with E-state index in [-0.39, 0.29) is 0 Å². The molecule has 0 aliphatic carbocycles. The molecule has 1 atom stereocenters. The van der Waals surface area contributed by atoms with Crippen molar-refractivity contribution in [2.24, 2.45) is 0 Å². The molecule has 1 aromatic heterocycles. The summed E-state index contributed by atoms with van der Waals surface area (Å²) >= 11 is 0. The SMILES string of the molecule is C=CC(O)c1ccc(N2CCCC2)nc1. The van der Waals surface area contributed by atoms with E-state index in [1.54, 1.807) is 6.20 Å². The van der Waals surface area contributed by atoms with Gasteiger partial charge in [-0.25, -0.2) is 4.98 Å². The third-order valence-corrected chi connectivity index (χ3v) is 2.77. The van der Waals surface area contributed by atoms with E-state index < -0.39 is 6.10 Å². The van der Waals surface area contributed by atoms with E-state index in [0.717, 1.165) is 24.5 Å². The molecule has 0 bridgehead atoms. The molecule has 1 N–H and O–H groups in total. The summed E-state index contributed by atoms with van der Waals surface area (Å²) in [4.78, 5) is 6.62. The Morgan fingerprint density at radius 2 is 2.13 bits per heavy atom. The van der Waals surface area contributed by atoms with E-state index >= 15 is 0 Å². The Kier molecular flexibility index (Phi) is 3.02. The van der Waals surface area contributed by atoms with Crippen LogP contribution in [0.5, 0.6) is 0 Å². The largest absolute Gasteiger partial charge is 0.384 e. The number of aliphatic hydroxyl groups is 1. The standard InChI is InChI=1S/C12H16N2O/c1-2-11(15)10-5-6-12(13-9-10)14-7-3-4-8-14/h2,5-6,9,11,15H,1,3-4,7-8H2. The lowest BCUT2D eigenvalue weighted by Gasteiger charge is -2.16. The number of hydrogen-bond acceptors (Lipinski definition) is 3. The lowest BCUT2D eigenvalue weighted by molar-refractivity contribution is 0.228. The first-order valence-corrected chi connectivity index (χ1v) is 5.33. The summed E-state index contributed by atoms with van der Waals surface area (Å²) < 4.78 is 0. The minimum atomic E-state index is -0.606. The minimum Gasteiger partial charge on any atom is -0.384 e. The van der Waals surface area contributed by atoms with Gasteiger partial charge in [-0.3, -0.25) is 0 Å². The molecular formula is C12H16N2O. The van der Waals surface area contributed by atoms with Crippen LogP contribution in [0.4, 0.5) is 5.82 Å². The quantitative estimate of drug-likeness (QED) is 0.764. The lowest BCUT2D eigenvalue weighted by Crippen LogP contribution is -2.18. The second-order valence-corrected chi connectivity index (χ2v) is 3.82. The number of aliphatic hydroxyl groups excluding tert-OH is 1. The molecule has 1 aromatic rings. The second kappa shape index (κ2) is 4.45. The third kappa shape index (κ3) is 2.18. The van der Waals surface area contributed by atoms with Crippen molar-refractivity contribution in [2.75, 3.05) is 18.0 Å². The first-order chi connectivity index (χ1) is 7.31. The molecule has 1 fully saturated rings. The fourth-order valence-electron chi connectivity index (χ4n) is 1.84. The van der Waals surface area contributed by atoms with Gasteiger partial charge >= 0.3 is 0 Å². The number of pyridine rings is 1. The van der Waals surface area contributed by atoms with Gasteiger partial charge in [0.25, 0.3) is 0 Å². The monoisotopic (exact) mass is 204 g/mol. The highest BCUT2D eigenvalue weighted by atomic mass is 16.3. The molecule has 80 valence electrons. The van der Waals surface area contributed by atoms with E-state index in [1.165, 1.54) is 18.9 Å². The maximum absolute atomic E-state index is 9.51. The minimum absolute atomic E-state index is 0.606. The van der Waals surface area contributed by atoms with Gasteiger partial charge in [-0.15, -0.1) is 6.58 Å². The molecule has 1 aliphatic heterocycles. The topological polar surface area (TPSA) is 36.4 Å². The van der Waals surface area contributed by atoms with Crippen LogP contribution >= 0.6 is 0 Å². The zero-order chi connectivity index (χ0) is 10.7. The van der Waals surface area contributed by atoms with Gasteiger partial charge < -0.3 is 10.0 Å². The Morgan fingerprint density at radius 3 is 2.67 bits per heavy atom. The van der Waals surface area contributed by atoms with Crippen LogP contribution in [0.25, 0.3) is 0 Å². The number of anilines is 1. The summed E-state index contributed by atoms with van der Waals surface area (Å²) in [5.74, 6) is 1.01. The zero-order valence-corrected chi connectivity index (χ0v) is 8.76. The Labute approximate surface area is 90.1 Å². The number of hydrogen-bond donors (Lipinski definition) is 1. The molecule has 2 heterocycles. The number of nitrogens with zero attached hydrogens (tertiary/aromatic N) is 2. The van der Waals surface area contributed by atoms with Crippen LogP contribution in [0.1, 0.15) is 24.5 Å². The Balaban J connectivity index is 2.12. The Bertz CT molecular complexity index is 328. The number of aromatic nitrogens is 1. The molecule has 1 saturated heterocycles. The van der Waals surface area contributed by atoms with E-state index in [0.29, 0.717) is 0 Å². The summed E-state index contributed by atoms with van der Waals surface area (Å²) in [7, 11) is 0.